The second kappa shape index (κ2) is 5.44. The molecule has 1 rings (SSSR count). The Balaban J connectivity index is 2.81. The second-order valence-corrected chi connectivity index (χ2v) is 4.59. The molecule has 3 nitrogen and oxygen atoms in total. The molecule has 80 valence electrons. The van der Waals surface area contributed by atoms with Gasteiger partial charge >= 0.3 is 0 Å². The Kier molecular flexibility index (Phi) is 4.50. The van der Waals surface area contributed by atoms with Gasteiger partial charge in [-0.2, -0.15) is 0 Å². The van der Waals surface area contributed by atoms with Gasteiger partial charge in [-0.05, 0) is 34.1 Å². The van der Waals surface area contributed by atoms with E-state index in [0.29, 0.717) is 15.1 Å². The summed E-state index contributed by atoms with van der Waals surface area (Å²) in [5.74, 6) is -0.267. The van der Waals surface area contributed by atoms with Crippen LogP contribution in [0.2, 0.25) is 5.02 Å². The SMILES string of the molecule is NC(=S)CNC(=O)c1cc(Cl)ccc1Br. The third-order valence-corrected chi connectivity index (χ3v) is 2.67. The van der Waals surface area contributed by atoms with Gasteiger partial charge < -0.3 is 11.1 Å². The van der Waals surface area contributed by atoms with Crippen LogP contribution in [0.3, 0.4) is 0 Å². The number of halogens is 2. The van der Waals surface area contributed by atoms with Crippen LogP contribution >= 0.6 is 39.7 Å². The lowest BCUT2D eigenvalue weighted by Crippen LogP contribution is -2.32. The molecule has 1 amide bonds. The highest BCUT2D eigenvalue weighted by Gasteiger charge is 2.10. The number of benzene rings is 1. The number of nitrogens with two attached hydrogens (primary N) is 1. The van der Waals surface area contributed by atoms with Crippen molar-refractivity contribution in [2.24, 2.45) is 5.73 Å². The van der Waals surface area contributed by atoms with E-state index >= 15 is 0 Å². The lowest BCUT2D eigenvalue weighted by molar-refractivity contribution is 0.0958. The monoisotopic (exact) mass is 306 g/mol. The molecule has 0 fully saturated rings. The van der Waals surface area contributed by atoms with E-state index in [4.69, 9.17) is 17.3 Å². The average molecular weight is 308 g/mol. The van der Waals surface area contributed by atoms with Gasteiger partial charge in [-0.25, -0.2) is 0 Å². The van der Waals surface area contributed by atoms with Crippen molar-refractivity contribution in [2.45, 2.75) is 0 Å². The Bertz CT molecular complexity index is 411. The van der Waals surface area contributed by atoms with Gasteiger partial charge in [-0.1, -0.05) is 23.8 Å². The van der Waals surface area contributed by atoms with Gasteiger partial charge in [0.1, 0.15) is 0 Å². The minimum Gasteiger partial charge on any atom is -0.392 e. The Morgan fingerprint density at radius 3 is 2.87 bits per heavy atom. The highest BCUT2D eigenvalue weighted by molar-refractivity contribution is 9.10. The maximum Gasteiger partial charge on any atom is 0.252 e. The zero-order valence-corrected chi connectivity index (χ0v) is 10.7. The van der Waals surface area contributed by atoms with E-state index in [-0.39, 0.29) is 17.4 Å². The predicted molar refractivity (Wildman–Crippen MR) is 68.3 cm³/mol. The van der Waals surface area contributed by atoms with Crippen molar-refractivity contribution in [1.29, 1.82) is 0 Å². The Morgan fingerprint density at radius 2 is 2.27 bits per heavy atom. The lowest BCUT2D eigenvalue weighted by Gasteiger charge is -2.06. The third-order valence-electron chi connectivity index (χ3n) is 1.60. The molecule has 0 radical (unpaired) electrons. The molecule has 1 aromatic carbocycles. The first-order valence-electron chi connectivity index (χ1n) is 4.02. The molecule has 0 aromatic heterocycles. The summed E-state index contributed by atoms with van der Waals surface area (Å²) in [7, 11) is 0. The fourth-order valence-electron chi connectivity index (χ4n) is 0.934. The molecule has 0 aliphatic heterocycles. The number of carbonyl (C=O) groups excluding carboxylic acids is 1. The first-order chi connectivity index (χ1) is 7.00. The highest BCUT2D eigenvalue weighted by Crippen LogP contribution is 2.20. The molecule has 0 bridgehead atoms. The molecule has 0 heterocycles. The summed E-state index contributed by atoms with van der Waals surface area (Å²) in [6.45, 7) is 0.174. The van der Waals surface area contributed by atoms with E-state index in [1.54, 1.807) is 18.2 Å². The van der Waals surface area contributed by atoms with Crippen molar-refractivity contribution in [3.05, 3.63) is 33.3 Å². The molecule has 0 spiro atoms. The largest absolute Gasteiger partial charge is 0.392 e. The van der Waals surface area contributed by atoms with Crippen molar-refractivity contribution in [3.63, 3.8) is 0 Å². The van der Waals surface area contributed by atoms with Gasteiger partial charge in [-0.15, -0.1) is 0 Å². The summed E-state index contributed by atoms with van der Waals surface area (Å²) in [4.78, 5) is 11.8. The molecule has 3 N–H and O–H groups in total. The van der Waals surface area contributed by atoms with Gasteiger partial charge in [0, 0.05) is 9.50 Å². The third kappa shape index (κ3) is 3.77. The van der Waals surface area contributed by atoms with Gasteiger partial charge in [0.05, 0.1) is 17.1 Å². The number of carbonyl (C=O) groups is 1. The number of hydrogen-bond donors (Lipinski definition) is 2. The van der Waals surface area contributed by atoms with Crippen LogP contribution in [0.1, 0.15) is 10.4 Å². The zero-order chi connectivity index (χ0) is 11.4. The van der Waals surface area contributed by atoms with Crippen LogP contribution in [0.25, 0.3) is 0 Å². The lowest BCUT2D eigenvalue weighted by atomic mass is 10.2. The summed E-state index contributed by atoms with van der Waals surface area (Å²) >= 11 is 13.7. The summed E-state index contributed by atoms with van der Waals surface area (Å²) in [6, 6.07) is 4.97. The summed E-state index contributed by atoms with van der Waals surface area (Å²) < 4.78 is 0.673. The van der Waals surface area contributed by atoms with Crippen LogP contribution in [0, 0.1) is 0 Å². The standard InChI is InChI=1S/C9H8BrClN2OS/c10-7-2-1-5(11)3-6(7)9(14)13-4-8(12)15/h1-3H,4H2,(H2,12,15)(H,13,14). The molecule has 0 unspecified atom stereocenters. The minimum absolute atomic E-state index is 0.174. The number of nitrogens with one attached hydrogen (secondary N) is 1. The zero-order valence-electron chi connectivity index (χ0n) is 7.59. The van der Waals surface area contributed by atoms with E-state index in [0.717, 1.165) is 0 Å². The predicted octanol–water partition coefficient (Wildman–Crippen LogP) is 2.12. The molecule has 1 aromatic rings. The Hall–Kier alpha value is -0.650. The Morgan fingerprint density at radius 1 is 1.60 bits per heavy atom. The quantitative estimate of drug-likeness (QED) is 0.841. The smallest absolute Gasteiger partial charge is 0.252 e. The topological polar surface area (TPSA) is 55.1 Å². The van der Waals surface area contributed by atoms with Crippen LogP contribution in [-0.4, -0.2) is 17.4 Å². The maximum atomic E-state index is 11.6. The van der Waals surface area contributed by atoms with Crippen LogP contribution in [0.5, 0.6) is 0 Å². The van der Waals surface area contributed by atoms with Crippen molar-refractivity contribution in [2.75, 3.05) is 6.54 Å². The van der Waals surface area contributed by atoms with Gasteiger partial charge in [0.25, 0.3) is 5.91 Å². The molecule has 0 saturated carbocycles. The highest BCUT2D eigenvalue weighted by atomic mass is 79.9. The number of thiocarbonyl (C=S) groups is 1. The minimum atomic E-state index is -0.267. The van der Waals surface area contributed by atoms with Gasteiger partial charge in [0.15, 0.2) is 0 Å². The average Bonchev–Trinajstić information content (AvgIpc) is 2.18. The van der Waals surface area contributed by atoms with Gasteiger partial charge in [0.2, 0.25) is 0 Å². The van der Waals surface area contributed by atoms with E-state index < -0.39 is 0 Å². The van der Waals surface area contributed by atoms with Gasteiger partial charge in [-0.3, -0.25) is 4.79 Å². The molecule has 0 aliphatic rings. The van der Waals surface area contributed by atoms with Crippen molar-refractivity contribution in [1.82, 2.24) is 5.32 Å². The molecule has 0 aliphatic carbocycles. The number of hydrogen-bond acceptors (Lipinski definition) is 2. The maximum absolute atomic E-state index is 11.6. The Labute approximate surface area is 106 Å². The first kappa shape index (κ1) is 12.4. The first-order valence-corrected chi connectivity index (χ1v) is 5.60. The second-order valence-electron chi connectivity index (χ2n) is 2.77. The van der Waals surface area contributed by atoms with Crippen molar-refractivity contribution >= 4 is 50.6 Å². The van der Waals surface area contributed by atoms with Crippen LogP contribution < -0.4 is 11.1 Å². The molecular weight excluding hydrogens is 300 g/mol. The molecule has 15 heavy (non-hydrogen) atoms. The summed E-state index contributed by atoms with van der Waals surface area (Å²) in [5, 5.41) is 3.07. The molecular formula is C9H8BrClN2OS. The van der Waals surface area contributed by atoms with E-state index in [1.165, 1.54) is 0 Å². The normalized spacial score (nSPS) is 9.73. The van der Waals surface area contributed by atoms with E-state index in [9.17, 15) is 4.79 Å². The van der Waals surface area contributed by atoms with E-state index in [2.05, 4.69) is 33.5 Å². The fourth-order valence-corrected chi connectivity index (χ4v) is 1.61. The van der Waals surface area contributed by atoms with Crippen molar-refractivity contribution < 1.29 is 4.79 Å². The molecule has 6 heteroatoms. The summed E-state index contributed by atoms with van der Waals surface area (Å²) in [5.41, 5.74) is 5.72. The number of amides is 1. The number of rotatable bonds is 3. The molecule has 0 saturated heterocycles. The van der Waals surface area contributed by atoms with Crippen LogP contribution in [-0.2, 0) is 0 Å². The molecule has 0 atom stereocenters. The van der Waals surface area contributed by atoms with E-state index in [1.807, 2.05) is 0 Å². The van der Waals surface area contributed by atoms with Crippen LogP contribution in [0.4, 0.5) is 0 Å². The fraction of sp³-hybridized carbons (Fsp3) is 0.111. The van der Waals surface area contributed by atoms with Crippen LogP contribution in [0.15, 0.2) is 22.7 Å². The summed E-state index contributed by atoms with van der Waals surface area (Å²) in [6.07, 6.45) is 0. The van der Waals surface area contributed by atoms with Crippen molar-refractivity contribution in [3.8, 4) is 0 Å².